The molecule has 0 spiro atoms. The number of methoxy groups -OCH3 is 1. The summed E-state index contributed by atoms with van der Waals surface area (Å²) in [4.78, 5) is 22.9. The number of benzene rings is 1. The molecule has 2 rings (SSSR count). The summed E-state index contributed by atoms with van der Waals surface area (Å²) in [5.41, 5.74) is 1.64. The van der Waals surface area contributed by atoms with E-state index >= 15 is 0 Å². The molecular formula is C12H15N3O3. The van der Waals surface area contributed by atoms with E-state index in [-0.39, 0.29) is 5.69 Å². The van der Waals surface area contributed by atoms with Crippen LogP contribution >= 0.6 is 0 Å². The highest BCUT2D eigenvalue weighted by Crippen LogP contribution is 2.10. The largest absolute Gasteiger partial charge is 0.453 e. The van der Waals surface area contributed by atoms with Crippen molar-refractivity contribution in [2.45, 2.75) is 6.54 Å². The van der Waals surface area contributed by atoms with E-state index in [2.05, 4.69) is 10.1 Å². The Morgan fingerprint density at radius 2 is 2.00 bits per heavy atom. The van der Waals surface area contributed by atoms with Gasteiger partial charge in [0.25, 0.3) is 0 Å². The summed E-state index contributed by atoms with van der Waals surface area (Å²) >= 11 is 0. The smallest absolute Gasteiger partial charge is 0.406 e. The van der Waals surface area contributed by atoms with Crippen LogP contribution in [0.15, 0.2) is 29.1 Å². The molecule has 1 amide bonds. The summed E-state index contributed by atoms with van der Waals surface area (Å²) in [6, 6.07) is 7.54. The average molecular weight is 249 g/mol. The number of rotatable bonds is 3. The first-order chi connectivity index (χ1) is 8.65. The van der Waals surface area contributed by atoms with Crippen molar-refractivity contribution in [2.24, 2.45) is 7.05 Å². The Bertz CT molecular complexity index is 627. The Hall–Kier alpha value is -2.24. The van der Waals surface area contributed by atoms with Gasteiger partial charge in [-0.3, -0.25) is 9.13 Å². The van der Waals surface area contributed by atoms with Crippen LogP contribution in [0.5, 0.6) is 0 Å². The zero-order chi connectivity index (χ0) is 13.1. The monoisotopic (exact) mass is 249 g/mol. The molecule has 0 bridgehead atoms. The van der Waals surface area contributed by atoms with Crippen molar-refractivity contribution in [2.75, 3.05) is 13.7 Å². The van der Waals surface area contributed by atoms with E-state index < -0.39 is 6.09 Å². The molecular weight excluding hydrogens is 234 g/mol. The number of carbonyl (C=O) groups excluding carboxylic acids is 1. The number of aromatic nitrogens is 2. The maximum Gasteiger partial charge on any atom is 0.406 e. The van der Waals surface area contributed by atoms with Crippen LogP contribution in [0.1, 0.15) is 0 Å². The number of fused-ring (bicyclic) bond motifs is 1. The lowest BCUT2D eigenvalue weighted by atomic mass is 10.3. The first-order valence-electron chi connectivity index (χ1n) is 5.61. The molecule has 0 atom stereocenters. The summed E-state index contributed by atoms with van der Waals surface area (Å²) in [7, 11) is 3.04. The van der Waals surface area contributed by atoms with E-state index in [1.165, 1.54) is 7.11 Å². The first kappa shape index (κ1) is 12.2. The molecule has 1 aromatic carbocycles. The van der Waals surface area contributed by atoms with Gasteiger partial charge in [0.2, 0.25) is 0 Å². The second-order valence-electron chi connectivity index (χ2n) is 3.90. The summed E-state index contributed by atoms with van der Waals surface area (Å²) in [5, 5.41) is 2.55. The van der Waals surface area contributed by atoms with Gasteiger partial charge in [0.1, 0.15) is 0 Å². The molecule has 96 valence electrons. The third kappa shape index (κ3) is 2.09. The van der Waals surface area contributed by atoms with E-state index in [4.69, 9.17) is 0 Å². The number of carbonyl (C=O) groups is 1. The first-order valence-corrected chi connectivity index (χ1v) is 5.61. The van der Waals surface area contributed by atoms with Gasteiger partial charge in [0.05, 0.1) is 18.1 Å². The number of nitrogens with zero attached hydrogens (tertiary/aromatic N) is 2. The number of para-hydroxylation sites is 2. The molecule has 1 heterocycles. The highest BCUT2D eigenvalue weighted by molar-refractivity contribution is 5.75. The fraction of sp³-hybridized carbons (Fsp3) is 0.333. The standard InChI is InChI=1S/C12H15N3O3/c1-14-9-5-3-4-6-10(9)15(12(14)17)8-7-13-11(16)18-2/h3-6H,7-8H2,1-2H3,(H,13,16). The van der Waals surface area contributed by atoms with Crippen LogP contribution < -0.4 is 11.0 Å². The Morgan fingerprint density at radius 3 is 2.67 bits per heavy atom. The van der Waals surface area contributed by atoms with Crippen molar-refractivity contribution < 1.29 is 9.53 Å². The minimum atomic E-state index is -0.497. The normalized spacial score (nSPS) is 10.6. The van der Waals surface area contributed by atoms with Crippen LogP contribution in [0, 0.1) is 0 Å². The predicted octanol–water partition coefficient (Wildman–Crippen LogP) is 0.696. The molecule has 0 unspecified atom stereocenters. The Morgan fingerprint density at radius 1 is 1.33 bits per heavy atom. The minimum Gasteiger partial charge on any atom is -0.453 e. The average Bonchev–Trinajstić information content (AvgIpc) is 2.64. The minimum absolute atomic E-state index is 0.0946. The van der Waals surface area contributed by atoms with Gasteiger partial charge in [-0.25, -0.2) is 9.59 Å². The van der Waals surface area contributed by atoms with Gasteiger partial charge in [-0.15, -0.1) is 0 Å². The molecule has 1 N–H and O–H groups in total. The van der Waals surface area contributed by atoms with E-state index in [9.17, 15) is 9.59 Å². The lowest BCUT2D eigenvalue weighted by molar-refractivity contribution is 0.170. The SMILES string of the molecule is COC(=O)NCCn1c(=O)n(C)c2ccccc21. The molecule has 0 aliphatic heterocycles. The molecule has 0 radical (unpaired) electrons. The Balaban J connectivity index is 2.25. The zero-order valence-corrected chi connectivity index (χ0v) is 10.3. The summed E-state index contributed by atoms with van der Waals surface area (Å²) in [6.45, 7) is 0.760. The molecule has 18 heavy (non-hydrogen) atoms. The van der Waals surface area contributed by atoms with Crippen LogP contribution in [0.25, 0.3) is 11.0 Å². The molecule has 2 aromatic rings. The van der Waals surface area contributed by atoms with Crippen LogP contribution in [-0.4, -0.2) is 28.9 Å². The fourth-order valence-corrected chi connectivity index (χ4v) is 1.92. The zero-order valence-electron chi connectivity index (χ0n) is 10.3. The van der Waals surface area contributed by atoms with Crippen molar-refractivity contribution >= 4 is 17.1 Å². The molecule has 0 saturated carbocycles. The molecule has 0 saturated heterocycles. The van der Waals surface area contributed by atoms with Crippen molar-refractivity contribution in [1.29, 1.82) is 0 Å². The highest BCUT2D eigenvalue weighted by atomic mass is 16.5. The lowest BCUT2D eigenvalue weighted by Crippen LogP contribution is -2.31. The van der Waals surface area contributed by atoms with Crippen molar-refractivity contribution in [3.63, 3.8) is 0 Å². The molecule has 6 nitrogen and oxygen atoms in total. The van der Waals surface area contributed by atoms with Gasteiger partial charge in [-0.2, -0.15) is 0 Å². The molecule has 0 aliphatic carbocycles. The number of amides is 1. The summed E-state index contributed by atoms with van der Waals surface area (Å²) < 4.78 is 7.69. The van der Waals surface area contributed by atoms with Gasteiger partial charge < -0.3 is 10.1 Å². The number of aryl methyl sites for hydroxylation is 1. The summed E-state index contributed by atoms with van der Waals surface area (Å²) in [5.74, 6) is 0. The predicted molar refractivity (Wildman–Crippen MR) is 67.6 cm³/mol. The number of hydrogen-bond donors (Lipinski definition) is 1. The fourth-order valence-electron chi connectivity index (χ4n) is 1.92. The van der Waals surface area contributed by atoms with Crippen molar-refractivity contribution in [3.05, 3.63) is 34.7 Å². The Labute approximate surface area is 104 Å². The Kier molecular flexibility index (Phi) is 3.36. The second kappa shape index (κ2) is 4.95. The number of alkyl carbamates (subject to hydrolysis) is 1. The van der Waals surface area contributed by atoms with E-state index in [0.717, 1.165) is 11.0 Å². The number of imidazole rings is 1. The van der Waals surface area contributed by atoms with Gasteiger partial charge in [0.15, 0.2) is 0 Å². The number of nitrogens with one attached hydrogen (secondary N) is 1. The van der Waals surface area contributed by atoms with E-state index in [0.29, 0.717) is 13.1 Å². The number of hydrogen-bond acceptors (Lipinski definition) is 3. The van der Waals surface area contributed by atoms with Gasteiger partial charge in [0, 0.05) is 20.1 Å². The van der Waals surface area contributed by atoms with Crippen LogP contribution in [0.3, 0.4) is 0 Å². The lowest BCUT2D eigenvalue weighted by Gasteiger charge is -2.04. The molecule has 1 aromatic heterocycles. The van der Waals surface area contributed by atoms with Crippen LogP contribution in [-0.2, 0) is 18.3 Å². The van der Waals surface area contributed by atoms with Crippen molar-refractivity contribution in [3.8, 4) is 0 Å². The number of ether oxygens (including phenoxy) is 1. The maximum absolute atomic E-state index is 12.0. The quantitative estimate of drug-likeness (QED) is 0.870. The molecule has 0 aliphatic rings. The van der Waals surface area contributed by atoms with Gasteiger partial charge in [-0.05, 0) is 12.1 Å². The van der Waals surface area contributed by atoms with Gasteiger partial charge in [-0.1, -0.05) is 12.1 Å². The highest BCUT2D eigenvalue weighted by Gasteiger charge is 2.09. The third-order valence-corrected chi connectivity index (χ3v) is 2.84. The van der Waals surface area contributed by atoms with E-state index in [1.54, 1.807) is 16.2 Å². The van der Waals surface area contributed by atoms with Crippen LogP contribution in [0.4, 0.5) is 4.79 Å². The molecule has 6 heteroatoms. The molecule has 0 fully saturated rings. The van der Waals surface area contributed by atoms with Crippen molar-refractivity contribution in [1.82, 2.24) is 14.5 Å². The maximum atomic E-state index is 12.0. The second-order valence-corrected chi connectivity index (χ2v) is 3.90. The topological polar surface area (TPSA) is 65.3 Å². The summed E-state index contributed by atoms with van der Waals surface area (Å²) in [6.07, 6.45) is -0.497. The van der Waals surface area contributed by atoms with Crippen LogP contribution in [0.2, 0.25) is 0 Å². The third-order valence-electron chi connectivity index (χ3n) is 2.84. The van der Waals surface area contributed by atoms with E-state index in [1.807, 2.05) is 24.3 Å². The van der Waals surface area contributed by atoms with Gasteiger partial charge >= 0.3 is 11.8 Å².